The van der Waals surface area contributed by atoms with Crippen LogP contribution in [0.3, 0.4) is 0 Å². The number of nitrogens with one attached hydrogen (secondary N) is 2. The minimum absolute atomic E-state index is 0.353. The Hall–Kier alpha value is -1.31. The molecule has 0 aliphatic carbocycles. The van der Waals surface area contributed by atoms with E-state index in [1.54, 1.807) is 22.9 Å². The molecule has 0 atom stereocenters. The number of thiocarbonyl (C=S) groups is 1. The largest absolute Gasteiger partial charge is 0.331 e. The fourth-order valence-corrected chi connectivity index (χ4v) is 3.30. The van der Waals surface area contributed by atoms with Gasteiger partial charge in [-0.25, -0.2) is 0 Å². The van der Waals surface area contributed by atoms with Crippen molar-refractivity contribution in [2.24, 2.45) is 0 Å². The lowest BCUT2D eigenvalue weighted by molar-refractivity contribution is 0.689. The van der Waals surface area contributed by atoms with Crippen molar-refractivity contribution < 1.29 is 0 Å². The summed E-state index contributed by atoms with van der Waals surface area (Å²) in [6, 6.07) is 12.9. The van der Waals surface area contributed by atoms with Crippen molar-refractivity contribution in [3.8, 4) is 0 Å². The summed E-state index contributed by atoms with van der Waals surface area (Å²) in [5.74, 6) is 0.592. The molecule has 0 amide bonds. The van der Waals surface area contributed by atoms with E-state index in [2.05, 4.69) is 31.7 Å². The number of aromatic nitrogens is 2. The maximum atomic E-state index is 6.16. The van der Waals surface area contributed by atoms with Crippen LogP contribution in [0.25, 0.3) is 0 Å². The number of hydrogen-bond donors (Lipinski definition) is 2. The van der Waals surface area contributed by atoms with Gasteiger partial charge in [0.2, 0.25) is 0 Å². The van der Waals surface area contributed by atoms with Crippen LogP contribution < -0.4 is 10.6 Å². The van der Waals surface area contributed by atoms with Crippen molar-refractivity contribution in [2.45, 2.75) is 6.54 Å². The summed E-state index contributed by atoms with van der Waals surface area (Å²) in [5, 5.41) is 12.5. The number of benzene rings is 2. The third-order valence-electron chi connectivity index (χ3n) is 3.41. The summed E-state index contributed by atoms with van der Waals surface area (Å²) in [6.45, 7) is 0.609. The molecule has 26 heavy (non-hydrogen) atoms. The van der Waals surface area contributed by atoms with Gasteiger partial charge in [0, 0.05) is 11.2 Å². The summed E-state index contributed by atoms with van der Waals surface area (Å²) < 4.78 is 2.58. The Labute approximate surface area is 179 Å². The summed E-state index contributed by atoms with van der Waals surface area (Å²) in [5.41, 5.74) is 1.70. The molecule has 0 unspecified atom stereocenters. The maximum Gasteiger partial charge on any atom is 0.176 e. The zero-order valence-electron chi connectivity index (χ0n) is 13.1. The second kappa shape index (κ2) is 8.59. The average molecular weight is 491 g/mol. The molecule has 4 nitrogen and oxygen atoms in total. The van der Waals surface area contributed by atoms with Gasteiger partial charge >= 0.3 is 0 Å². The molecular weight excluding hydrogens is 479 g/mol. The first-order valence-corrected chi connectivity index (χ1v) is 9.75. The second-order valence-corrected chi connectivity index (χ2v) is 7.81. The minimum atomic E-state index is 0.353. The molecule has 2 N–H and O–H groups in total. The second-order valence-electron chi connectivity index (χ2n) is 5.33. The van der Waals surface area contributed by atoms with E-state index in [1.807, 2.05) is 30.5 Å². The number of hydrogen-bond acceptors (Lipinski definition) is 2. The third-order valence-corrected chi connectivity index (χ3v) is 5.26. The molecule has 0 aliphatic rings. The summed E-state index contributed by atoms with van der Waals surface area (Å²) in [7, 11) is 0. The number of rotatable bonds is 4. The smallest absolute Gasteiger partial charge is 0.176 e. The molecule has 1 heterocycles. The van der Waals surface area contributed by atoms with Gasteiger partial charge < -0.3 is 10.6 Å². The highest BCUT2D eigenvalue weighted by molar-refractivity contribution is 9.10. The van der Waals surface area contributed by atoms with Crippen molar-refractivity contribution >= 4 is 79.6 Å². The number of anilines is 2. The molecule has 0 aliphatic heterocycles. The van der Waals surface area contributed by atoms with Crippen LogP contribution >= 0.6 is 63.0 Å². The van der Waals surface area contributed by atoms with Gasteiger partial charge in [0.05, 0.1) is 26.8 Å². The van der Waals surface area contributed by atoms with Crippen LogP contribution in [0.5, 0.6) is 0 Å². The monoisotopic (exact) mass is 488 g/mol. The van der Waals surface area contributed by atoms with Crippen molar-refractivity contribution in [1.82, 2.24) is 9.78 Å². The summed E-state index contributed by atoms with van der Waals surface area (Å²) in [4.78, 5) is 0. The predicted molar refractivity (Wildman–Crippen MR) is 117 cm³/mol. The standard InChI is InChI=1S/C17H12BrCl3N4S/c18-12-9-25(8-10-4-6-11(19)7-5-10)24-16(12)23-17(26)22-14-3-1-2-13(20)15(14)21/h1-7,9H,8H2,(H2,22,23,24,26). The van der Waals surface area contributed by atoms with Crippen LogP contribution in [0.15, 0.2) is 53.1 Å². The lowest BCUT2D eigenvalue weighted by Gasteiger charge is -2.11. The van der Waals surface area contributed by atoms with Gasteiger partial charge in [-0.3, -0.25) is 4.68 Å². The van der Waals surface area contributed by atoms with Crippen LogP contribution in [-0.4, -0.2) is 14.9 Å². The van der Waals surface area contributed by atoms with E-state index in [-0.39, 0.29) is 0 Å². The van der Waals surface area contributed by atoms with Gasteiger partial charge in [0.25, 0.3) is 0 Å². The highest BCUT2D eigenvalue weighted by atomic mass is 79.9. The van der Waals surface area contributed by atoms with Crippen LogP contribution in [0, 0.1) is 0 Å². The van der Waals surface area contributed by atoms with Crippen LogP contribution in [-0.2, 0) is 6.54 Å². The molecule has 1 aromatic heterocycles. The Morgan fingerprint density at radius 1 is 1.08 bits per heavy atom. The molecule has 0 saturated heterocycles. The molecule has 0 saturated carbocycles. The Bertz CT molecular complexity index is 944. The van der Waals surface area contributed by atoms with Crippen molar-refractivity contribution in [3.05, 3.63) is 73.8 Å². The fraction of sp³-hybridized carbons (Fsp3) is 0.0588. The van der Waals surface area contributed by atoms with Crippen molar-refractivity contribution in [1.29, 1.82) is 0 Å². The van der Waals surface area contributed by atoms with Crippen molar-refractivity contribution in [2.75, 3.05) is 10.6 Å². The number of nitrogens with zero attached hydrogens (tertiary/aromatic N) is 2. The highest BCUT2D eigenvalue weighted by Crippen LogP contribution is 2.30. The molecule has 0 radical (unpaired) electrons. The summed E-state index contributed by atoms with van der Waals surface area (Å²) in [6.07, 6.45) is 1.87. The normalized spacial score (nSPS) is 10.6. The van der Waals surface area contributed by atoms with Gasteiger partial charge in [-0.15, -0.1) is 0 Å². The van der Waals surface area contributed by atoms with E-state index in [1.165, 1.54) is 0 Å². The van der Waals surface area contributed by atoms with Crippen LogP contribution in [0.4, 0.5) is 11.5 Å². The van der Waals surface area contributed by atoms with Gasteiger partial charge in [-0.05, 0) is 58.0 Å². The van der Waals surface area contributed by atoms with Crippen LogP contribution in [0.2, 0.25) is 15.1 Å². The molecule has 9 heteroatoms. The first-order valence-electron chi connectivity index (χ1n) is 7.42. The molecule has 2 aromatic carbocycles. The van der Waals surface area contributed by atoms with E-state index < -0.39 is 0 Å². The lowest BCUT2D eigenvalue weighted by Crippen LogP contribution is -2.20. The molecule has 0 bridgehead atoms. The molecule has 3 rings (SSSR count). The van der Waals surface area contributed by atoms with Crippen LogP contribution in [0.1, 0.15) is 5.56 Å². The lowest BCUT2D eigenvalue weighted by atomic mass is 10.2. The van der Waals surface area contributed by atoms with E-state index in [9.17, 15) is 0 Å². The zero-order valence-corrected chi connectivity index (χ0v) is 17.8. The highest BCUT2D eigenvalue weighted by Gasteiger charge is 2.11. The molecule has 0 spiro atoms. The number of halogens is 4. The minimum Gasteiger partial charge on any atom is -0.331 e. The maximum absolute atomic E-state index is 6.16. The fourth-order valence-electron chi connectivity index (χ4n) is 2.20. The Balaban J connectivity index is 1.68. The first-order chi connectivity index (χ1) is 12.4. The zero-order chi connectivity index (χ0) is 18.7. The molecule has 134 valence electrons. The molecular formula is C17H12BrCl3N4S. The van der Waals surface area contributed by atoms with Crippen molar-refractivity contribution in [3.63, 3.8) is 0 Å². The molecule has 3 aromatic rings. The topological polar surface area (TPSA) is 41.9 Å². The van der Waals surface area contributed by atoms with E-state index in [4.69, 9.17) is 47.0 Å². The Morgan fingerprint density at radius 3 is 2.54 bits per heavy atom. The van der Waals surface area contributed by atoms with E-state index in [0.717, 1.165) is 10.0 Å². The quantitative estimate of drug-likeness (QED) is 0.412. The van der Waals surface area contributed by atoms with Gasteiger partial charge in [-0.2, -0.15) is 5.10 Å². The Morgan fingerprint density at radius 2 is 1.81 bits per heavy atom. The van der Waals surface area contributed by atoms with E-state index >= 15 is 0 Å². The average Bonchev–Trinajstić information content (AvgIpc) is 2.93. The first kappa shape index (κ1) is 19.5. The Kier molecular flexibility index (Phi) is 6.42. The molecule has 0 fully saturated rings. The summed E-state index contributed by atoms with van der Waals surface area (Å²) >= 11 is 26.9. The van der Waals surface area contributed by atoms with Gasteiger partial charge in [-0.1, -0.05) is 53.0 Å². The SMILES string of the molecule is S=C(Nc1cccc(Cl)c1Cl)Nc1nn(Cc2ccc(Cl)cc2)cc1Br. The van der Waals surface area contributed by atoms with E-state index in [0.29, 0.717) is 38.2 Å². The predicted octanol–water partition coefficient (Wildman–Crippen LogP) is 6.46. The third kappa shape index (κ3) is 4.90. The van der Waals surface area contributed by atoms with Gasteiger partial charge in [0.15, 0.2) is 10.9 Å². The van der Waals surface area contributed by atoms with Gasteiger partial charge in [0.1, 0.15) is 0 Å².